The van der Waals surface area contributed by atoms with Crippen LogP contribution in [0.1, 0.15) is 27.0 Å². The number of Topliss-reactive ketones (excluding diaryl/α,β-unsaturated/α-hetero) is 1. The Bertz CT molecular complexity index is 1430. The Morgan fingerprint density at radius 3 is 2.46 bits per heavy atom. The molecule has 1 aliphatic heterocycles. The van der Waals surface area contributed by atoms with Crippen LogP contribution < -0.4 is 9.64 Å². The highest BCUT2D eigenvalue weighted by atomic mass is 32.1. The van der Waals surface area contributed by atoms with E-state index in [0.29, 0.717) is 32.6 Å². The minimum atomic E-state index is -0.848. The van der Waals surface area contributed by atoms with Crippen LogP contribution in [0.25, 0.3) is 10.6 Å². The molecule has 8 heteroatoms. The van der Waals surface area contributed by atoms with Crippen molar-refractivity contribution in [3.63, 3.8) is 0 Å². The van der Waals surface area contributed by atoms with Crippen LogP contribution in [-0.4, -0.2) is 33.9 Å². The molecule has 4 aromatic rings. The summed E-state index contributed by atoms with van der Waals surface area (Å²) in [6, 6.07) is 19.1. The van der Waals surface area contributed by atoms with Crippen LogP contribution in [0.2, 0.25) is 0 Å². The van der Waals surface area contributed by atoms with Crippen LogP contribution in [0, 0.1) is 6.92 Å². The lowest BCUT2D eigenvalue weighted by Crippen LogP contribution is -2.31. The van der Waals surface area contributed by atoms with Gasteiger partial charge in [0.15, 0.2) is 5.76 Å². The Hall–Kier alpha value is -4.30. The molecule has 0 spiro atoms. The second kappa shape index (κ2) is 9.15. The third-order valence-electron chi connectivity index (χ3n) is 5.83. The number of benzene rings is 2. The van der Waals surface area contributed by atoms with Gasteiger partial charge in [-0.1, -0.05) is 36.4 Å². The largest absolute Gasteiger partial charge is 0.503 e. The average Bonchev–Trinajstić information content (AvgIpc) is 3.42. The predicted molar refractivity (Wildman–Crippen MR) is 134 cm³/mol. The summed E-state index contributed by atoms with van der Waals surface area (Å²) in [4.78, 5) is 37.7. The Kier molecular flexibility index (Phi) is 5.88. The molecule has 0 bridgehead atoms. The zero-order valence-corrected chi connectivity index (χ0v) is 19.8. The van der Waals surface area contributed by atoms with Crippen molar-refractivity contribution in [1.29, 1.82) is 0 Å². The van der Waals surface area contributed by atoms with Crippen molar-refractivity contribution in [3.8, 4) is 16.3 Å². The van der Waals surface area contributed by atoms with E-state index in [-0.39, 0.29) is 5.57 Å². The molecule has 0 saturated carbocycles. The highest BCUT2D eigenvalue weighted by molar-refractivity contribution is 7.17. The number of carbonyl (C=O) groups excluding carboxylic acids is 2. The molecule has 35 heavy (non-hydrogen) atoms. The molecule has 0 fully saturated rings. The molecule has 0 radical (unpaired) electrons. The van der Waals surface area contributed by atoms with Crippen molar-refractivity contribution in [2.75, 3.05) is 12.0 Å². The molecular weight excluding hydrogens is 462 g/mol. The van der Waals surface area contributed by atoms with Gasteiger partial charge in [0.1, 0.15) is 10.8 Å². The normalized spacial score (nSPS) is 15.5. The lowest BCUT2D eigenvalue weighted by atomic mass is 9.96. The van der Waals surface area contributed by atoms with E-state index in [1.807, 2.05) is 30.3 Å². The quantitative estimate of drug-likeness (QED) is 0.374. The Balaban J connectivity index is 1.61. The van der Waals surface area contributed by atoms with Gasteiger partial charge in [0, 0.05) is 23.6 Å². The summed E-state index contributed by atoms with van der Waals surface area (Å²) in [6.07, 6.45) is 3.21. The number of carbonyl (C=O) groups is 2. The highest BCUT2D eigenvalue weighted by Crippen LogP contribution is 2.43. The van der Waals surface area contributed by atoms with Gasteiger partial charge in [-0.15, -0.1) is 11.3 Å². The smallest absolute Gasteiger partial charge is 0.294 e. The molecule has 0 saturated heterocycles. The summed E-state index contributed by atoms with van der Waals surface area (Å²) in [6.45, 7) is 1.75. The van der Waals surface area contributed by atoms with Gasteiger partial charge in [0.2, 0.25) is 5.78 Å². The van der Waals surface area contributed by atoms with Gasteiger partial charge in [-0.05, 0) is 42.8 Å². The molecule has 7 nitrogen and oxygen atoms in total. The molecule has 174 valence electrons. The SMILES string of the molecule is COc1ccc(N2C(=O)C(O)=C(C(=O)c3sc(-c4ccccc4)nc3C)C2c2cccnc2)cc1. The van der Waals surface area contributed by atoms with Crippen LogP contribution in [0.3, 0.4) is 0 Å². The fourth-order valence-corrected chi connectivity index (χ4v) is 5.16. The van der Waals surface area contributed by atoms with Crippen LogP contribution in [-0.2, 0) is 4.79 Å². The lowest BCUT2D eigenvalue weighted by molar-refractivity contribution is -0.117. The summed E-state index contributed by atoms with van der Waals surface area (Å²) >= 11 is 1.24. The second-order valence-corrected chi connectivity index (χ2v) is 8.95. The van der Waals surface area contributed by atoms with E-state index in [4.69, 9.17) is 4.74 Å². The minimum Gasteiger partial charge on any atom is -0.503 e. The monoisotopic (exact) mass is 483 g/mol. The number of ketones is 1. The maximum Gasteiger partial charge on any atom is 0.294 e. The predicted octanol–water partition coefficient (Wildman–Crippen LogP) is 5.31. The summed E-state index contributed by atoms with van der Waals surface area (Å²) in [5, 5.41) is 11.7. The third-order valence-corrected chi connectivity index (χ3v) is 7.03. The number of aryl methyl sites for hydroxylation is 1. The van der Waals surface area contributed by atoms with E-state index in [9.17, 15) is 14.7 Å². The Morgan fingerprint density at radius 2 is 1.80 bits per heavy atom. The first kappa shape index (κ1) is 22.5. The third kappa shape index (κ3) is 3.98. The average molecular weight is 484 g/mol. The number of methoxy groups -OCH3 is 1. The number of aromatic nitrogens is 2. The number of aliphatic hydroxyl groups is 1. The van der Waals surface area contributed by atoms with Crippen molar-refractivity contribution in [2.24, 2.45) is 0 Å². The van der Waals surface area contributed by atoms with Crippen LogP contribution in [0.15, 0.2) is 90.5 Å². The van der Waals surface area contributed by atoms with Crippen LogP contribution in [0.5, 0.6) is 5.75 Å². The molecule has 5 rings (SSSR count). The standard InChI is InChI=1S/C27H21N3O4S/c1-16-25(35-26(29-16)17-7-4-3-5-8-17)23(31)21-22(18-9-6-14-28-15-18)30(27(33)24(21)32)19-10-12-20(34-2)13-11-19/h3-15,22,32H,1-2H3. The molecule has 3 heterocycles. The van der Waals surface area contributed by atoms with Crippen LogP contribution in [0.4, 0.5) is 5.69 Å². The first-order valence-electron chi connectivity index (χ1n) is 10.9. The summed E-state index contributed by atoms with van der Waals surface area (Å²) in [5.74, 6) is -1.04. The summed E-state index contributed by atoms with van der Waals surface area (Å²) in [5.41, 5.74) is 2.56. The van der Waals surface area contributed by atoms with Gasteiger partial charge in [0.05, 0.1) is 29.3 Å². The second-order valence-electron chi connectivity index (χ2n) is 7.95. The zero-order valence-electron chi connectivity index (χ0n) is 19.0. The molecule has 2 aromatic carbocycles. The van der Waals surface area contributed by atoms with Crippen molar-refractivity contribution in [2.45, 2.75) is 13.0 Å². The van der Waals surface area contributed by atoms with Gasteiger partial charge in [-0.2, -0.15) is 0 Å². The number of amides is 1. The van der Waals surface area contributed by atoms with Gasteiger partial charge >= 0.3 is 0 Å². The molecule has 0 aliphatic carbocycles. The molecule has 1 amide bonds. The van der Waals surface area contributed by atoms with Crippen molar-refractivity contribution >= 4 is 28.7 Å². The van der Waals surface area contributed by atoms with Gasteiger partial charge in [-0.3, -0.25) is 19.5 Å². The number of nitrogens with zero attached hydrogens (tertiary/aromatic N) is 3. The number of thiazole rings is 1. The lowest BCUT2D eigenvalue weighted by Gasteiger charge is -2.26. The Morgan fingerprint density at radius 1 is 1.06 bits per heavy atom. The molecule has 1 aliphatic rings. The van der Waals surface area contributed by atoms with Gasteiger partial charge < -0.3 is 9.84 Å². The van der Waals surface area contributed by atoms with Crippen molar-refractivity contribution in [1.82, 2.24) is 9.97 Å². The fourth-order valence-electron chi connectivity index (χ4n) is 4.13. The number of pyridine rings is 1. The number of ether oxygens (including phenoxy) is 1. The van der Waals surface area contributed by atoms with E-state index in [0.717, 1.165) is 5.56 Å². The van der Waals surface area contributed by atoms with E-state index in [1.165, 1.54) is 16.2 Å². The van der Waals surface area contributed by atoms with E-state index in [1.54, 1.807) is 62.8 Å². The fraction of sp³-hybridized carbons (Fsp3) is 0.111. The number of hydrogen-bond acceptors (Lipinski definition) is 7. The van der Waals surface area contributed by atoms with Gasteiger partial charge in [0.25, 0.3) is 5.91 Å². The molecule has 1 unspecified atom stereocenters. The zero-order chi connectivity index (χ0) is 24.5. The minimum absolute atomic E-state index is 0.00480. The maximum absolute atomic E-state index is 13.9. The number of anilines is 1. The number of hydrogen-bond donors (Lipinski definition) is 1. The molecule has 1 atom stereocenters. The molecular formula is C27H21N3O4S. The topological polar surface area (TPSA) is 92.6 Å². The van der Waals surface area contributed by atoms with E-state index >= 15 is 0 Å². The van der Waals surface area contributed by atoms with Crippen molar-refractivity contribution in [3.05, 3.63) is 107 Å². The number of aliphatic hydroxyl groups excluding tert-OH is 1. The highest BCUT2D eigenvalue weighted by Gasteiger charge is 2.45. The molecule has 1 N–H and O–H groups in total. The molecule has 2 aromatic heterocycles. The summed E-state index contributed by atoms with van der Waals surface area (Å²) in [7, 11) is 1.56. The summed E-state index contributed by atoms with van der Waals surface area (Å²) < 4.78 is 5.23. The Labute approximate surface area is 206 Å². The number of rotatable bonds is 6. The van der Waals surface area contributed by atoms with Crippen molar-refractivity contribution < 1.29 is 19.4 Å². The van der Waals surface area contributed by atoms with Crippen LogP contribution >= 0.6 is 11.3 Å². The first-order chi connectivity index (χ1) is 17.0. The van der Waals surface area contributed by atoms with E-state index < -0.39 is 23.5 Å². The first-order valence-corrected chi connectivity index (χ1v) is 11.7. The maximum atomic E-state index is 13.9. The van der Waals surface area contributed by atoms with Gasteiger partial charge in [-0.25, -0.2) is 4.98 Å². The van der Waals surface area contributed by atoms with E-state index in [2.05, 4.69) is 9.97 Å².